The van der Waals surface area contributed by atoms with E-state index in [1.54, 1.807) is 51.1 Å². The first-order chi connectivity index (χ1) is 19.4. The lowest BCUT2D eigenvalue weighted by Crippen LogP contribution is -2.34. The summed E-state index contributed by atoms with van der Waals surface area (Å²) in [5.74, 6) is -0.656. The molecule has 0 aliphatic carbocycles. The van der Waals surface area contributed by atoms with E-state index in [4.69, 9.17) is 28.9 Å². The van der Waals surface area contributed by atoms with Crippen LogP contribution in [0.5, 0.6) is 0 Å². The Morgan fingerprint density at radius 2 is 1.66 bits per heavy atom. The van der Waals surface area contributed by atoms with Gasteiger partial charge in [0, 0.05) is 26.9 Å². The number of nitrogens with zero attached hydrogens (tertiary/aromatic N) is 1. The fourth-order valence-corrected chi connectivity index (χ4v) is 5.98. The number of carbonyl (C=O) groups is 1. The highest BCUT2D eigenvalue weighted by Crippen LogP contribution is 2.43. The molecule has 2 heterocycles. The van der Waals surface area contributed by atoms with E-state index < -0.39 is 22.8 Å². The lowest BCUT2D eigenvalue weighted by molar-refractivity contribution is 0.0787. The third-order valence-electron chi connectivity index (χ3n) is 7.50. The number of primary amides is 1. The predicted molar refractivity (Wildman–Crippen MR) is 163 cm³/mol. The Hall–Kier alpha value is -4.37. The van der Waals surface area contributed by atoms with E-state index >= 15 is 0 Å². The zero-order chi connectivity index (χ0) is 29.4. The molecule has 8 nitrogen and oxygen atoms in total. The van der Waals surface area contributed by atoms with Crippen molar-refractivity contribution in [1.29, 1.82) is 0 Å². The second-order valence-corrected chi connectivity index (χ2v) is 11.3. The standard InChI is InChI=1S/C31H24Cl2N4O4/c1-14-16(6-5-9-23(14)37-29(39)18-7-4-8-20(32)26(18)36-30(37)40)24-21(33)13-19(28(34)38)27-25(24)17-11-10-15(31(2,3)41)12-22(17)35-27/h4-13,35,41H,1-3H3,(H2,34,38)(H,36,40). The van der Waals surface area contributed by atoms with Crippen LogP contribution < -0.4 is 17.0 Å². The number of amides is 1. The van der Waals surface area contributed by atoms with Crippen molar-refractivity contribution < 1.29 is 9.90 Å². The number of hydrogen-bond donors (Lipinski definition) is 4. The van der Waals surface area contributed by atoms with Crippen LogP contribution in [0.3, 0.4) is 0 Å². The number of benzene rings is 4. The topological polar surface area (TPSA) is 134 Å². The van der Waals surface area contributed by atoms with Gasteiger partial charge in [0.1, 0.15) is 0 Å². The van der Waals surface area contributed by atoms with E-state index in [9.17, 15) is 19.5 Å². The van der Waals surface area contributed by atoms with Crippen molar-refractivity contribution in [1.82, 2.24) is 14.5 Å². The molecule has 0 radical (unpaired) electrons. The van der Waals surface area contributed by atoms with Crippen LogP contribution in [0.25, 0.3) is 49.5 Å². The Kier molecular flexibility index (Phi) is 6.11. The molecular formula is C31H24Cl2N4O4. The van der Waals surface area contributed by atoms with Gasteiger partial charge < -0.3 is 20.8 Å². The number of aromatic amines is 2. The van der Waals surface area contributed by atoms with Gasteiger partial charge in [0.25, 0.3) is 11.5 Å². The summed E-state index contributed by atoms with van der Waals surface area (Å²) in [7, 11) is 0. The first-order valence-electron chi connectivity index (χ1n) is 12.7. The van der Waals surface area contributed by atoms with E-state index in [-0.39, 0.29) is 26.5 Å². The Labute approximate surface area is 242 Å². The number of nitrogens with one attached hydrogen (secondary N) is 2. The molecule has 0 atom stereocenters. The molecule has 2 aromatic heterocycles. The Morgan fingerprint density at radius 1 is 0.927 bits per heavy atom. The molecule has 1 amide bonds. The fourth-order valence-electron chi connectivity index (χ4n) is 5.45. The van der Waals surface area contributed by atoms with Crippen molar-refractivity contribution >= 4 is 61.8 Å². The van der Waals surface area contributed by atoms with Crippen LogP contribution in [0, 0.1) is 6.92 Å². The minimum absolute atomic E-state index is 0.211. The molecule has 41 heavy (non-hydrogen) atoms. The van der Waals surface area contributed by atoms with Gasteiger partial charge in [-0.15, -0.1) is 0 Å². The maximum atomic E-state index is 13.5. The maximum absolute atomic E-state index is 13.5. The minimum atomic E-state index is -1.09. The number of rotatable bonds is 4. The lowest BCUT2D eigenvalue weighted by atomic mass is 9.92. The molecular weight excluding hydrogens is 563 g/mol. The Bertz CT molecular complexity index is 2200. The van der Waals surface area contributed by atoms with Crippen molar-refractivity contribution in [3.05, 3.63) is 108 Å². The molecule has 4 aromatic carbocycles. The molecule has 0 saturated heterocycles. The van der Waals surface area contributed by atoms with Crippen LogP contribution in [0.4, 0.5) is 0 Å². The summed E-state index contributed by atoms with van der Waals surface area (Å²) in [5.41, 5.74) is 8.04. The highest BCUT2D eigenvalue weighted by atomic mass is 35.5. The van der Waals surface area contributed by atoms with Crippen molar-refractivity contribution in [3.63, 3.8) is 0 Å². The Balaban J connectivity index is 1.69. The number of para-hydroxylation sites is 1. The van der Waals surface area contributed by atoms with Crippen LogP contribution in [0.15, 0.2) is 70.3 Å². The van der Waals surface area contributed by atoms with Crippen molar-refractivity contribution in [2.75, 3.05) is 0 Å². The van der Waals surface area contributed by atoms with Crippen LogP contribution in [0.2, 0.25) is 10.0 Å². The van der Waals surface area contributed by atoms with Gasteiger partial charge in [0.05, 0.1) is 38.3 Å². The zero-order valence-electron chi connectivity index (χ0n) is 22.2. The number of H-pyrrole nitrogens is 2. The third kappa shape index (κ3) is 4.14. The highest BCUT2D eigenvalue weighted by Gasteiger charge is 2.24. The summed E-state index contributed by atoms with van der Waals surface area (Å²) in [6.07, 6.45) is 0. The van der Waals surface area contributed by atoms with Gasteiger partial charge in [-0.1, -0.05) is 53.5 Å². The van der Waals surface area contributed by atoms with Gasteiger partial charge in [-0.3, -0.25) is 9.59 Å². The molecule has 0 aliphatic rings. The summed E-state index contributed by atoms with van der Waals surface area (Å²) in [6.45, 7) is 5.17. The van der Waals surface area contributed by atoms with Gasteiger partial charge >= 0.3 is 5.69 Å². The van der Waals surface area contributed by atoms with Crippen molar-refractivity contribution in [2.24, 2.45) is 5.73 Å². The number of aliphatic hydroxyl groups is 1. The smallest absolute Gasteiger partial charge is 0.333 e. The molecule has 0 saturated carbocycles. The van der Waals surface area contributed by atoms with Gasteiger partial charge in [0.15, 0.2) is 0 Å². The van der Waals surface area contributed by atoms with E-state index in [0.717, 1.165) is 9.95 Å². The SMILES string of the molecule is Cc1c(-c2c(Cl)cc(C(N)=O)c3[nH]c4cc(C(C)(C)O)ccc4c23)cccc1-n1c(=O)[nH]c2c(Cl)cccc2c1=O. The predicted octanol–water partition coefficient (Wildman–Crippen LogP) is 5.92. The molecule has 0 unspecified atom stereocenters. The lowest BCUT2D eigenvalue weighted by Gasteiger charge is -2.18. The molecule has 6 aromatic rings. The zero-order valence-corrected chi connectivity index (χ0v) is 23.7. The molecule has 10 heteroatoms. The maximum Gasteiger partial charge on any atom is 0.333 e. The summed E-state index contributed by atoms with van der Waals surface area (Å²) >= 11 is 13.1. The molecule has 6 rings (SSSR count). The summed E-state index contributed by atoms with van der Waals surface area (Å²) in [5, 5.41) is 12.8. The summed E-state index contributed by atoms with van der Waals surface area (Å²) in [6, 6.07) is 17.1. The third-order valence-corrected chi connectivity index (χ3v) is 8.11. The van der Waals surface area contributed by atoms with E-state index in [0.29, 0.717) is 44.4 Å². The molecule has 5 N–H and O–H groups in total. The molecule has 0 fully saturated rings. The average Bonchev–Trinajstić information content (AvgIpc) is 3.28. The van der Waals surface area contributed by atoms with Gasteiger partial charge in [-0.2, -0.15) is 0 Å². The van der Waals surface area contributed by atoms with Crippen molar-refractivity contribution in [3.8, 4) is 16.8 Å². The number of nitrogens with two attached hydrogens (primary N) is 1. The average molecular weight is 587 g/mol. The summed E-state index contributed by atoms with van der Waals surface area (Å²) < 4.78 is 1.07. The van der Waals surface area contributed by atoms with Crippen LogP contribution in [-0.4, -0.2) is 25.5 Å². The van der Waals surface area contributed by atoms with Crippen molar-refractivity contribution in [2.45, 2.75) is 26.4 Å². The molecule has 206 valence electrons. The van der Waals surface area contributed by atoms with E-state index in [1.165, 1.54) is 6.07 Å². The number of fused-ring (bicyclic) bond motifs is 4. The fraction of sp³-hybridized carbons (Fsp3) is 0.129. The number of halogens is 2. The Morgan fingerprint density at radius 3 is 2.37 bits per heavy atom. The van der Waals surface area contributed by atoms with Gasteiger partial charge in [0.2, 0.25) is 0 Å². The van der Waals surface area contributed by atoms with E-state index in [2.05, 4.69) is 9.97 Å². The van der Waals surface area contributed by atoms with Crippen LogP contribution in [-0.2, 0) is 5.60 Å². The largest absolute Gasteiger partial charge is 0.386 e. The minimum Gasteiger partial charge on any atom is -0.386 e. The summed E-state index contributed by atoms with van der Waals surface area (Å²) in [4.78, 5) is 45.2. The number of carbonyl (C=O) groups excluding carboxylic acids is 1. The second-order valence-electron chi connectivity index (χ2n) is 10.5. The molecule has 0 aliphatic heterocycles. The molecule has 0 bridgehead atoms. The van der Waals surface area contributed by atoms with E-state index in [1.807, 2.05) is 24.3 Å². The molecule has 0 spiro atoms. The normalized spacial score (nSPS) is 12.0. The second kappa shape index (κ2) is 9.34. The first kappa shape index (κ1) is 26.8. The highest BCUT2D eigenvalue weighted by molar-refractivity contribution is 6.37. The monoisotopic (exact) mass is 586 g/mol. The number of aromatic nitrogens is 3. The number of hydrogen-bond acceptors (Lipinski definition) is 4. The van der Waals surface area contributed by atoms with Gasteiger partial charge in [-0.25, -0.2) is 9.36 Å². The first-order valence-corrected chi connectivity index (χ1v) is 13.5. The quantitative estimate of drug-likeness (QED) is 0.204. The van der Waals surface area contributed by atoms with Crippen LogP contribution >= 0.6 is 23.2 Å². The van der Waals surface area contributed by atoms with Gasteiger partial charge in [-0.05, 0) is 67.8 Å². The van der Waals surface area contributed by atoms with Crippen LogP contribution in [0.1, 0.15) is 35.3 Å².